The van der Waals surface area contributed by atoms with Gasteiger partial charge < -0.3 is 19.5 Å². The van der Waals surface area contributed by atoms with E-state index >= 15 is 0 Å². The number of rotatable bonds is 3. The molecule has 0 radical (unpaired) electrons. The van der Waals surface area contributed by atoms with E-state index in [-0.39, 0.29) is 11.9 Å². The molecule has 1 fully saturated rings. The van der Waals surface area contributed by atoms with Crippen LogP contribution >= 0.6 is 0 Å². The van der Waals surface area contributed by atoms with Crippen LogP contribution in [0.25, 0.3) is 0 Å². The standard InChI is InChI=1S/C12H21N5O2/c1-8(13-4)9-14-15-11(19-9)17-7-6-16(5)10(18)12(17,2)3/h8,13H,6-7H2,1-5H3. The van der Waals surface area contributed by atoms with E-state index in [4.69, 9.17) is 4.42 Å². The summed E-state index contributed by atoms with van der Waals surface area (Å²) in [7, 11) is 3.64. The highest BCUT2D eigenvalue weighted by molar-refractivity contribution is 5.89. The van der Waals surface area contributed by atoms with Gasteiger partial charge >= 0.3 is 6.01 Å². The minimum atomic E-state index is -0.667. The van der Waals surface area contributed by atoms with E-state index in [0.717, 1.165) is 0 Å². The SMILES string of the molecule is CNC(C)c1nnc(N2CCN(C)C(=O)C2(C)C)o1. The summed E-state index contributed by atoms with van der Waals surface area (Å²) in [6, 6.07) is 0.399. The molecule has 1 saturated heterocycles. The lowest BCUT2D eigenvalue weighted by Crippen LogP contribution is -2.62. The molecule has 7 nitrogen and oxygen atoms in total. The Morgan fingerprint density at radius 3 is 2.68 bits per heavy atom. The molecule has 7 heteroatoms. The Morgan fingerprint density at radius 2 is 2.05 bits per heavy atom. The minimum absolute atomic E-state index is 0.00692. The first-order chi connectivity index (χ1) is 8.87. The summed E-state index contributed by atoms with van der Waals surface area (Å²) in [4.78, 5) is 15.8. The van der Waals surface area contributed by atoms with Crippen LogP contribution in [0.4, 0.5) is 6.01 Å². The molecule has 19 heavy (non-hydrogen) atoms. The second kappa shape index (κ2) is 4.80. The van der Waals surface area contributed by atoms with Crippen LogP contribution in [0.5, 0.6) is 0 Å². The lowest BCUT2D eigenvalue weighted by molar-refractivity contribution is -0.136. The van der Waals surface area contributed by atoms with E-state index < -0.39 is 5.54 Å². The fourth-order valence-corrected chi connectivity index (χ4v) is 2.18. The summed E-state index contributed by atoms with van der Waals surface area (Å²) in [6.45, 7) is 7.02. The molecule has 0 saturated carbocycles. The van der Waals surface area contributed by atoms with E-state index in [1.165, 1.54) is 0 Å². The lowest BCUT2D eigenvalue weighted by Gasteiger charge is -2.43. The van der Waals surface area contributed by atoms with Crippen molar-refractivity contribution in [3.05, 3.63) is 5.89 Å². The Labute approximate surface area is 113 Å². The number of hydrogen-bond acceptors (Lipinski definition) is 6. The molecular weight excluding hydrogens is 246 g/mol. The molecule has 1 aliphatic heterocycles. The molecule has 1 unspecified atom stereocenters. The minimum Gasteiger partial charge on any atom is -0.406 e. The number of hydrogen-bond donors (Lipinski definition) is 1. The normalized spacial score (nSPS) is 20.8. The van der Waals surface area contributed by atoms with Crippen molar-refractivity contribution in [2.24, 2.45) is 0 Å². The van der Waals surface area contributed by atoms with Gasteiger partial charge in [0.2, 0.25) is 11.8 Å². The van der Waals surface area contributed by atoms with E-state index in [9.17, 15) is 4.79 Å². The molecule has 2 rings (SSSR count). The largest absolute Gasteiger partial charge is 0.406 e. The highest BCUT2D eigenvalue weighted by atomic mass is 16.4. The third kappa shape index (κ3) is 2.30. The summed E-state index contributed by atoms with van der Waals surface area (Å²) in [5.74, 6) is 0.583. The first-order valence-corrected chi connectivity index (χ1v) is 6.41. The number of nitrogens with zero attached hydrogens (tertiary/aromatic N) is 4. The van der Waals surface area contributed by atoms with Crippen LogP contribution < -0.4 is 10.2 Å². The fourth-order valence-electron chi connectivity index (χ4n) is 2.18. The first kappa shape index (κ1) is 13.8. The Bertz CT molecular complexity index is 470. The van der Waals surface area contributed by atoms with Gasteiger partial charge in [0.15, 0.2) is 0 Å². The molecule has 1 atom stereocenters. The molecule has 1 amide bonds. The first-order valence-electron chi connectivity index (χ1n) is 6.41. The van der Waals surface area contributed by atoms with Crippen LogP contribution in [0, 0.1) is 0 Å². The number of likely N-dealkylation sites (N-methyl/N-ethyl adjacent to an activating group) is 1. The van der Waals surface area contributed by atoms with Gasteiger partial charge in [0.25, 0.3) is 0 Å². The molecule has 0 bridgehead atoms. The molecule has 0 spiro atoms. The molecular formula is C12H21N5O2. The Kier molecular flexibility index (Phi) is 3.49. The summed E-state index contributed by atoms with van der Waals surface area (Å²) >= 11 is 0. The van der Waals surface area contributed by atoms with Crippen LogP contribution in [0.3, 0.4) is 0 Å². The van der Waals surface area contributed by atoms with Gasteiger partial charge in [-0.25, -0.2) is 0 Å². The maximum Gasteiger partial charge on any atom is 0.319 e. The topological polar surface area (TPSA) is 74.5 Å². The van der Waals surface area contributed by atoms with Crippen LogP contribution in [0.1, 0.15) is 32.7 Å². The number of anilines is 1. The smallest absolute Gasteiger partial charge is 0.319 e. The van der Waals surface area contributed by atoms with Crippen molar-refractivity contribution >= 4 is 11.9 Å². The Morgan fingerprint density at radius 1 is 1.37 bits per heavy atom. The van der Waals surface area contributed by atoms with Gasteiger partial charge in [-0.3, -0.25) is 4.79 Å². The van der Waals surface area contributed by atoms with Crippen molar-refractivity contribution in [1.29, 1.82) is 0 Å². The third-order valence-corrected chi connectivity index (χ3v) is 3.67. The molecule has 1 aromatic heterocycles. The van der Waals surface area contributed by atoms with Crippen molar-refractivity contribution in [1.82, 2.24) is 20.4 Å². The zero-order valence-corrected chi connectivity index (χ0v) is 12.1. The molecule has 1 aliphatic rings. The molecule has 0 aromatic carbocycles. The number of aromatic nitrogens is 2. The van der Waals surface area contributed by atoms with Gasteiger partial charge in [0, 0.05) is 20.1 Å². The molecule has 2 heterocycles. The molecule has 1 N–H and O–H groups in total. The summed E-state index contributed by atoms with van der Waals surface area (Å²) in [6.07, 6.45) is 0. The molecule has 1 aromatic rings. The van der Waals surface area contributed by atoms with Crippen LogP contribution in [-0.4, -0.2) is 53.7 Å². The van der Waals surface area contributed by atoms with E-state index in [1.807, 2.05) is 39.8 Å². The monoisotopic (exact) mass is 267 g/mol. The van der Waals surface area contributed by atoms with Crippen molar-refractivity contribution in [2.75, 3.05) is 32.1 Å². The maximum atomic E-state index is 12.2. The summed E-state index contributed by atoms with van der Waals surface area (Å²) in [5.41, 5.74) is -0.667. The highest BCUT2D eigenvalue weighted by Gasteiger charge is 2.42. The van der Waals surface area contributed by atoms with Crippen molar-refractivity contribution in [3.8, 4) is 0 Å². The van der Waals surface area contributed by atoms with Crippen LogP contribution in [-0.2, 0) is 4.79 Å². The summed E-state index contributed by atoms with van der Waals surface area (Å²) in [5, 5.41) is 11.1. The van der Waals surface area contributed by atoms with Crippen LogP contribution in [0.2, 0.25) is 0 Å². The highest BCUT2D eigenvalue weighted by Crippen LogP contribution is 2.28. The number of nitrogens with one attached hydrogen (secondary N) is 1. The van der Waals surface area contributed by atoms with Gasteiger partial charge in [0.1, 0.15) is 5.54 Å². The predicted octanol–water partition coefficient (Wildman–Crippen LogP) is 0.407. The Hall–Kier alpha value is -1.63. The van der Waals surface area contributed by atoms with E-state index in [0.29, 0.717) is 25.0 Å². The average molecular weight is 267 g/mol. The number of carbonyl (C=O) groups excluding carboxylic acids is 1. The zero-order chi connectivity index (χ0) is 14.2. The van der Waals surface area contributed by atoms with Gasteiger partial charge in [-0.15, -0.1) is 5.10 Å². The van der Waals surface area contributed by atoms with Gasteiger partial charge in [0.05, 0.1) is 6.04 Å². The van der Waals surface area contributed by atoms with Gasteiger partial charge in [-0.1, -0.05) is 5.10 Å². The zero-order valence-electron chi connectivity index (χ0n) is 12.1. The summed E-state index contributed by atoms with van der Waals surface area (Å²) < 4.78 is 5.67. The van der Waals surface area contributed by atoms with Crippen molar-refractivity contribution < 1.29 is 9.21 Å². The second-order valence-electron chi connectivity index (χ2n) is 5.37. The molecule has 106 valence electrons. The number of amides is 1. The quantitative estimate of drug-likeness (QED) is 0.855. The van der Waals surface area contributed by atoms with E-state index in [2.05, 4.69) is 15.5 Å². The van der Waals surface area contributed by atoms with Gasteiger partial charge in [-0.2, -0.15) is 0 Å². The number of piperazine rings is 1. The van der Waals surface area contributed by atoms with Crippen molar-refractivity contribution in [3.63, 3.8) is 0 Å². The molecule has 0 aliphatic carbocycles. The average Bonchev–Trinajstić information content (AvgIpc) is 2.84. The predicted molar refractivity (Wildman–Crippen MR) is 70.8 cm³/mol. The number of carbonyl (C=O) groups is 1. The van der Waals surface area contributed by atoms with E-state index in [1.54, 1.807) is 4.90 Å². The Balaban J connectivity index is 2.26. The third-order valence-electron chi connectivity index (χ3n) is 3.67. The van der Waals surface area contributed by atoms with Gasteiger partial charge in [-0.05, 0) is 27.8 Å². The second-order valence-corrected chi connectivity index (χ2v) is 5.37. The maximum absolute atomic E-state index is 12.2. The van der Waals surface area contributed by atoms with Crippen molar-refractivity contribution in [2.45, 2.75) is 32.4 Å². The van der Waals surface area contributed by atoms with Crippen LogP contribution in [0.15, 0.2) is 4.42 Å². The lowest BCUT2D eigenvalue weighted by atomic mass is 9.98. The fraction of sp³-hybridized carbons (Fsp3) is 0.750.